The maximum absolute atomic E-state index is 13.1. The number of benzene rings is 2. The van der Waals surface area contributed by atoms with Crippen LogP contribution < -0.4 is 5.32 Å². The zero-order valence-electron chi connectivity index (χ0n) is 14.6. The minimum Gasteiger partial charge on any atom is -0.467 e. The van der Waals surface area contributed by atoms with E-state index in [-0.39, 0.29) is 18.1 Å². The number of furan rings is 1. The summed E-state index contributed by atoms with van der Waals surface area (Å²) in [4.78, 5) is 25.7. The first-order valence-electron chi connectivity index (χ1n) is 8.48. The van der Waals surface area contributed by atoms with E-state index in [0.717, 1.165) is 0 Å². The van der Waals surface area contributed by atoms with Crippen molar-refractivity contribution in [3.8, 4) is 0 Å². The molecule has 1 aliphatic rings. The van der Waals surface area contributed by atoms with Crippen LogP contribution in [0, 0.1) is 17.0 Å². The Balaban J connectivity index is 1.79. The number of carbonyl (C=O) groups excluding carboxylic acids is 1. The van der Waals surface area contributed by atoms with Gasteiger partial charge in [-0.3, -0.25) is 14.9 Å². The summed E-state index contributed by atoms with van der Waals surface area (Å²) >= 11 is 0. The summed E-state index contributed by atoms with van der Waals surface area (Å²) in [6.45, 7) is 1.94. The Morgan fingerprint density at radius 2 is 2.00 bits per heavy atom. The minimum absolute atomic E-state index is 0.0264. The number of carbonyl (C=O) groups is 1. The van der Waals surface area contributed by atoms with Crippen LogP contribution in [0.3, 0.4) is 0 Å². The van der Waals surface area contributed by atoms with E-state index in [1.807, 2.05) is 12.1 Å². The highest BCUT2D eigenvalue weighted by atomic mass is 16.6. The zero-order chi connectivity index (χ0) is 19.0. The van der Waals surface area contributed by atoms with E-state index in [1.54, 1.807) is 54.5 Å². The van der Waals surface area contributed by atoms with Gasteiger partial charge in [0.25, 0.3) is 11.6 Å². The van der Waals surface area contributed by atoms with Crippen molar-refractivity contribution >= 4 is 17.3 Å². The lowest BCUT2D eigenvalue weighted by Gasteiger charge is -2.37. The lowest BCUT2D eigenvalue weighted by molar-refractivity contribution is -0.385. The predicted molar refractivity (Wildman–Crippen MR) is 99.2 cm³/mol. The van der Waals surface area contributed by atoms with Crippen LogP contribution in [0.1, 0.15) is 33.4 Å². The van der Waals surface area contributed by atoms with Crippen LogP contribution in [0.4, 0.5) is 11.4 Å². The van der Waals surface area contributed by atoms with Gasteiger partial charge in [-0.25, -0.2) is 0 Å². The summed E-state index contributed by atoms with van der Waals surface area (Å²) in [5.41, 5.74) is 2.50. The van der Waals surface area contributed by atoms with Gasteiger partial charge in [0.05, 0.1) is 23.3 Å². The number of aryl methyl sites for hydroxylation is 1. The molecule has 1 aliphatic heterocycles. The first-order valence-corrected chi connectivity index (χ1v) is 8.48. The highest BCUT2D eigenvalue weighted by Gasteiger charge is 2.34. The molecule has 0 unspecified atom stereocenters. The fourth-order valence-electron chi connectivity index (χ4n) is 3.28. The fraction of sp³-hybridized carbons (Fsp3) is 0.150. The quantitative estimate of drug-likeness (QED) is 0.552. The molecule has 0 bridgehead atoms. The number of nitrogens with zero attached hydrogens (tertiary/aromatic N) is 2. The number of fused-ring (bicyclic) bond motifs is 1. The first kappa shape index (κ1) is 16.8. The SMILES string of the molecule is Cc1ccc([C@@H]2Nc3ccccc3C(=O)N2Cc2ccco2)cc1[N+](=O)[O-]. The first-order chi connectivity index (χ1) is 13.0. The van der Waals surface area contributed by atoms with Crippen molar-refractivity contribution in [2.45, 2.75) is 19.6 Å². The molecular weight excluding hydrogens is 346 g/mol. The lowest BCUT2D eigenvalue weighted by atomic mass is 10.0. The van der Waals surface area contributed by atoms with Crippen molar-refractivity contribution in [2.75, 3.05) is 5.32 Å². The van der Waals surface area contributed by atoms with Crippen molar-refractivity contribution in [1.29, 1.82) is 0 Å². The van der Waals surface area contributed by atoms with E-state index < -0.39 is 11.1 Å². The molecule has 136 valence electrons. The van der Waals surface area contributed by atoms with Crippen molar-refractivity contribution < 1.29 is 14.1 Å². The molecule has 0 saturated carbocycles. The molecule has 7 nitrogen and oxygen atoms in total. The van der Waals surface area contributed by atoms with Crippen LogP contribution in [-0.2, 0) is 6.54 Å². The number of anilines is 1. The van der Waals surface area contributed by atoms with Gasteiger partial charge in [-0.2, -0.15) is 0 Å². The average Bonchev–Trinajstić information content (AvgIpc) is 3.17. The normalized spacial score (nSPS) is 16.0. The molecule has 0 fully saturated rings. The molecule has 27 heavy (non-hydrogen) atoms. The molecule has 1 N–H and O–H groups in total. The standard InChI is InChI=1S/C20H17N3O4/c1-13-8-9-14(11-18(13)23(25)26)19-21-17-7-3-2-6-16(17)20(24)22(19)12-15-5-4-10-27-15/h2-11,19,21H,12H2,1H3/t19-/m1/s1. The van der Waals surface area contributed by atoms with Crippen LogP contribution in [0.5, 0.6) is 0 Å². The number of nitro benzene ring substituents is 1. The summed E-state index contributed by atoms with van der Waals surface area (Å²) < 4.78 is 5.41. The maximum atomic E-state index is 13.1. The van der Waals surface area contributed by atoms with Gasteiger partial charge in [0.15, 0.2) is 0 Å². The summed E-state index contributed by atoms with van der Waals surface area (Å²) in [5.74, 6) is 0.477. The largest absolute Gasteiger partial charge is 0.467 e. The second-order valence-corrected chi connectivity index (χ2v) is 6.41. The Hall–Kier alpha value is -3.61. The van der Waals surface area contributed by atoms with E-state index in [9.17, 15) is 14.9 Å². The second-order valence-electron chi connectivity index (χ2n) is 6.41. The Morgan fingerprint density at radius 1 is 1.19 bits per heavy atom. The molecule has 1 amide bonds. The zero-order valence-corrected chi connectivity index (χ0v) is 14.6. The maximum Gasteiger partial charge on any atom is 0.272 e. The van der Waals surface area contributed by atoms with Crippen LogP contribution in [0.2, 0.25) is 0 Å². The van der Waals surface area contributed by atoms with Crippen molar-refractivity contribution in [3.05, 3.63) is 93.4 Å². The predicted octanol–water partition coefficient (Wildman–Crippen LogP) is 4.26. The van der Waals surface area contributed by atoms with Crippen LogP contribution in [0.15, 0.2) is 65.3 Å². The number of para-hydroxylation sites is 1. The third-order valence-electron chi connectivity index (χ3n) is 4.67. The Bertz CT molecular complexity index is 1010. The highest BCUT2D eigenvalue weighted by Crippen LogP contribution is 2.35. The van der Waals surface area contributed by atoms with Crippen molar-refractivity contribution in [2.24, 2.45) is 0 Å². The molecule has 3 aromatic rings. The highest BCUT2D eigenvalue weighted by molar-refractivity contribution is 6.01. The summed E-state index contributed by atoms with van der Waals surface area (Å²) in [6.07, 6.45) is 1.01. The number of nitrogens with one attached hydrogen (secondary N) is 1. The Labute approximate surface area is 155 Å². The molecule has 0 spiro atoms. The van der Waals surface area contributed by atoms with Gasteiger partial charge in [-0.15, -0.1) is 0 Å². The smallest absolute Gasteiger partial charge is 0.272 e. The molecule has 7 heteroatoms. The number of nitro groups is 1. The van der Waals surface area contributed by atoms with Crippen LogP contribution in [-0.4, -0.2) is 15.7 Å². The number of rotatable bonds is 4. The lowest BCUT2D eigenvalue weighted by Crippen LogP contribution is -2.42. The van der Waals surface area contributed by atoms with Crippen molar-refractivity contribution in [3.63, 3.8) is 0 Å². The summed E-state index contributed by atoms with van der Waals surface area (Å²) in [7, 11) is 0. The number of hydrogen-bond acceptors (Lipinski definition) is 5. The third-order valence-corrected chi connectivity index (χ3v) is 4.67. The minimum atomic E-state index is -0.545. The van der Waals surface area contributed by atoms with Gasteiger partial charge in [0, 0.05) is 22.9 Å². The molecule has 1 aromatic heterocycles. The van der Waals surface area contributed by atoms with E-state index in [0.29, 0.717) is 28.1 Å². The van der Waals surface area contributed by atoms with Gasteiger partial charge >= 0.3 is 0 Å². The number of amides is 1. The molecular formula is C20H17N3O4. The Morgan fingerprint density at radius 3 is 2.74 bits per heavy atom. The van der Waals surface area contributed by atoms with Crippen LogP contribution >= 0.6 is 0 Å². The molecule has 4 rings (SSSR count). The van der Waals surface area contributed by atoms with Gasteiger partial charge in [0.1, 0.15) is 11.9 Å². The van der Waals surface area contributed by atoms with Gasteiger partial charge < -0.3 is 14.6 Å². The summed E-state index contributed by atoms with van der Waals surface area (Å²) in [6, 6.07) is 15.8. The molecule has 2 heterocycles. The molecule has 1 atom stereocenters. The molecule has 0 saturated heterocycles. The van der Waals surface area contributed by atoms with E-state index in [4.69, 9.17) is 4.42 Å². The topological polar surface area (TPSA) is 88.6 Å². The van der Waals surface area contributed by atoms with Gasteiger partial charge in [-0.1, -0.05) is 24.3 Å². The average molecular weight is 363 g/mol. The monoisotopic (exact) mass is 363 g/mol. The number of hydrogen-bond donors (Lipinski definition) is 1. The molecule has 2 aromatic carbocycles. The van der Waals surface area contributed by atoms with Crippen molar-refractivity contribution in [1.82, 2.24) is 4.90 Å². The fourth-order valence-corrected chi connectivity index (χ4v) is 3.28. The van der Waals surface area contributed by atoms with E-state index in [1.165, 1.54) is 6.07 Å². The van der Waals surface area contributed by atoms with Gasteiger partial charge in [0.2, 0.25) is 0 Å². The molecule has 0 aliphatic carbocycles. The Kier molecular flexibility index (Phi) is 4.12. The third kappa shape index (κ3) is 3.03. The second kappa shape index (κ2) is 6.60. The van der Waals surface area contributed by atoms with E-state index in [2.05, 4.69) is 5.32 Å². The summed E-state index contributed by atoms with van der Waals surface area (Å²) in [5, 5.41) is 14.7. The molecule has 0 radical (unpaired) electrons. The van der Waals surface area contributed by atoms with Crippen LogP contribution in [0.25, 0.3) is 0 Å². The van der Waals surface area contributed by atoms with Gasteiger partial charge in [-0.05, 0) is 31.2 Å². The van der Waals surface area contributed by atoms with E-state index >= 15 is 0 Å².